The van der Waals surface area contributed by atoms with E-state index in [-0.39, 0.29) is 11.2 Å². The van der Waals surface area contributed by atoms with E-state index in [9.17, 15) is 4.39 Å². The Morgan fingerprint density at radius 2 is 1.38 bits per heavy atom. The van der Waals surface area contributed by atoms with E-state index in [1.54, 1.807) is 19.1 Å². The van der Waals surface area contributed by atoms with Gasteiger partial charge in [-0.15, -0.1) is 5.92 Å². The second kappa shape index (κ2) is 5.71. The van der Waals surface area contributed by atoms with Crippen molar-refractivity contribution >= 4 is 0 Å². The molecule has 0 atom stereocenters. The van der Waals surface area contributed by atoms with Crippen molar-refractivity contribution in [3.63, 3.8) is 0 Å². The summed E-state index contributed by atoms with van der Waals surface area (Å²) < 4.78 is 31.1. The van der Waals surface area contributed by atoms with E-state index in [0.717, 1.165) is 16.7 Å². The zero-order valence-electron chi connectivity index (χ0n) is 13.3. The Balaban J connectivity index is 1.58. The highest BCUT2D eigenvalue weighted by Gasteiger charge is 2.54. The van der Waals surface area contributed by atoms with Crippen LogP contribution in [0.5, 0.6) is 0 Å². The van der Waals surface area contributed by atoms with Crippen molar-refractivity contribution in [3.8, 4) is 11.8 Å². The zero-order chi connectivity index (χ0) is 16.6. The highest BCUT2D eigenvalue weighted by atomic mass is 19.1. The van der Waals surface area contributed by atoms with Crippen LogP contribution in [-0.2, 0) is 25.6 Å². The maximum absolute atomic E-state index is 13.2. The first-order chi connectivity index (χ1) is 11.7. The summed E-state index contributed by atoms with van der Waals surface area (Å²) in [4.78, 5) is 0. The molecule has 2 bridgehead atoms. The van der Waals surface area contributed by atoms with Gasteiger partial charge in [-0.2, -0.15) is 0 Å². The van der Waals surface area contributed by atoms with E-state index in [2.05, 4.69) is 11.8 Å². The van der Waals surface area contributed by atoms with Gasteiger partial charge < -0.3 is 14.2 Å². The molecule has 5 rings (SSSR count). The average Bonchev–Trinajstić information content (AvgIpc) is 2.64. The second-order valence-electron chi connectivity index (χ2n) is 6.16. The van der Waals surface area contributed by atoms with E-state index in [4.69, 9.17) is 14.2 Å². The van der Waals surface area contributed by atoms with Crippen molar-refractivity contribution in [2.45, 2.75) is 18.3 Å². The number of benzene rings is 2. The molecule has 24 heavy (non-hydrogen) atoms. The third-order valence-electron chi connectivity index (χ3n) is 4.58. The molecule has 0 spiro atoms. The molecular weight excluding hydrogens is 307 g/mol. The van der Waals surface area contributed by atoms with Crippen LogP contribution in [-0.4, -0.2) is 19.8 Å². The lowest BCUT2D eigenvalue weighted by molar-refractivity contribution is -0.466. The maximum atomic E-state index is 13.2. The van der Waals surface area contributed by atoms with Gasteiger partial charge in [0, 0.05) is 11.1 Å². The summed E-state index contributed by atoms with van der Waals surface area (Å²) in [6.07, 6.45) is 0. The number of fused-ring (bicyclic) bond motifs is 3. The van der Waals surface area contributed by atoms with Crippen LogP contribution in [0.4, 0.5) is 4.39 Å². The van der Waals surface area contributed by atoms with Crippen LogP contribution in [0.15, 0.2) is 48.5 Å². The van der Waals surface area contributed by atoms with Crippen molar-refractivity contribution in [2.75, 3.05) is 19.8 Å². The van der Waals surface area contributed by atoms with Crippen LogP contribution in [0, 0.1) is 17.7 Å². The van der Waals surface area contributed by atoms with Gasteiger partial charge in [-0.3, -0.25) is 0 Å². The van der Waals surface area contributed by atoms with Gasteiger partial charge in [0.05, 0.1) is 25.2 Å². The van der Waals surface area contributed by atoms with Crippen LogP contribution in [0.25, 0.3) is 0 Å². The Bertz CT molecular complexity index is 775. The van der Waals surface area contributed by atoms with Crippen LogP contribution in [0.3, 0.4) is 0 Å². The van der Waals surface area contributed by atoms with Crippen LogP contribution in [0.2, 0.25) is 0 Å². The summed E-state index contributed by atoms with van der Waals surface area (Å²) in [5.41, 5.74) is 2.33. The number of rotatable bonds is 2. The van der Waals surface area contributed by atoms with E-state index < -0.39 is 5.97 Å². The summed E-state index contributed by atoms with van der Waals surface area (Å²) in [5, 5.41) is 0. The standard InChI is InChI=1S/C20H17FO3/c1-2-3-15-4-6-17(7-5-15)20-22-12-19(13-23-20,14-24-20)16-8-10-18(21)11-9-16/h4-11H,12-14H2,1H3. The van der Waals surface area contributed by atoms with Crippen molar-refractivity contribution in [2.24, 2.45) is 0 Å². The Hall–Kier alpha value is -2.19. The largest absolute Gasteiger partial charge is 0.322 e. The molecule has 0 unspecified atom stereocenters. The Kier molecular flexibility index (Phi) is 3.65. The van der Waals surface area contributed by atoms with E-state index in [0.29, 0.717) is 19.8 Å². The first-order valence-corrected chi connectivity index (χ1v) is 7.87. The molecule has 0 aliphatic carbocycles. The number of hydrogen-bond donors (Lipinski definition) is 0. The fraction of sp³-hybridized carbons (Fsp3) is 0.300. The Morgan fingerprint density at radius 3 is 1.92 bits per heavy atom. The molecule has 3 fully saturated rings. The van der Waals surface area contributed by atoms with Crippen LogP contribution in [0.1, 0.15) is 23.6 Å². The summed E-state index contributed by atoms with van der Waals surface area (Å²) in [5.74, 6) is 4.47. The predicted octanol–water partition coefficient (Wildman–Crippen LogP) is 3.32. The SMILES string of the molecule is CC#Cc1ccc(C23OCC(c4ccc(F)cc4)(CO2)CO3)cc1. The van der Waals surface area contributed by atoms with Gasteiger partial charge in [0.25, 0.3) is 0 Å². The normalized spacial score (nSPS) is 28.2. The lowest BCUT2D eigenvalue weighted by Crippen LogP contribution is -2.60. The van der Waals surface area contributed by atoms with Crippen molar-refractivity contribution < 1.29 is 18.6 Å². The number of hydrogen-bond acceptors (Lipinski definition) is 3. The Morgan fingerprint density at radius 1 is 0.833 bits per heavy atom. The third-order valence-corrected chi connectivity index (χ3v) is 4.58. The number of halogens is 1. The fourth-order valence-electron chi connectivity index (χ4n) is 3.15. The minimum atomic E-state index is -1.15. The lowest BCUT2D eigenvalue weighted by atomic mass is 9.80. The smallest absolute Gasteiger partial charge is 0.312 e. The highest BCUT2D eigenvalue weighted by molar-refractivity contribution is 5.37. The molecule has 3 aliphatic heterocycles. The molecular formula is C20H17FO3. The number of ether oxygens (including phenoxy) is 3. The molecule has 3 aliphatic rings. The van der Waals surface area contributed by atoms with E-state index in [1.807, 2.05) is 24.3 Å². The first kappa shape index (κ1) is 15.3. The second-order valence-corrected chi connectivity index (χ2v) is 6.16. The van der Waals surface area contributed by atoms with E-state index in [1.165, 1.54) is 12.1 Å². The monoisotopic (exact) mass is 324 g/mol. The van der Waals surface area contributed by atoms with Gasteiger partial charge in [0.1, 0.15) is 5.82 Å². The molecule has 0 aromatic heterocycles. The third kappa shape index (κ3) is 2.42. The summed E-state index contributed by atoms with van der Waals surface area (Å²) in [7, 11) is 0. The summed E-state index contributed by atoms with van der Waals surface area (Å²) in [6, 6.07) is 14.1. The Labute approximate surface area is 140 Å². The van der Waals surface area contributed by atoms with Crippen molar-refractivity contribution in [3.05, 3.63) is 71.0 Å². The molecule has 3 nitrogen and oxygen atoms in total. The minimum absolute atomic E-state index is 0.255. The van der Waals surface area contributed by atoms with Gasteiger partial charge in [-0.1, -0.05) is 18.1 Å². The van der Waals surface area contributed by atoms with Crippen molar-refractivity contribution in [1.29, 1.82) is 0 Å². The van der Waals surface area contributed by atoms with Gasteiger partial charge in [-0.25, -0.2) is 4.39 Å². The molecule has 0 radical (unpaired) electrons. The molecule has 2 aromatic rings. The molecule has 2 aromatic carbocycles. The average molecular weight is 324 g/mol. The summed E-state index contributed by atoms with van der Waals surface area (Å²) in [6.45, 7) is 3.21. The summed E-state index contributed by atoms with van der Waals surface area (Å²) >= 11 is 0. The quantitative estimate of drug-likeness (QED) is 0.793. The minimum Gasteiger partial charge on any atom is -0.322 e. The molecule has 0 saturated carbocycles. The molecule has 122 valence electrons. The lowest BCUT2D eigenvalue weighted by Gasteiger charge is -2.52. The molecule has 3 saturated heterocycles. The van der Waals surface area contributed by atoms with Crippen molar-refractivity contribution in [1.82, 2.24) is 0 Å². The zero-order valence-corrected chi connectivity index (χ0v) is 13.3. The van der Waals surface area contributed by atoms with Gasteiger partial charge >= 0.3 is 5.97 Å². The maximum Gasteiger partial charge on any atom is 0.312 e. The van der Waals surface area contributed by atoms with Crippen LogP contribution < -0.4 is 0 Å². The predicted molar refractivity (Wildman–Crippen MR) is 86.6 cm³/mol. The topological polar surface area (TPSA) is 27.7 Å². The molecule has 3 heterocycles. The van der Waals surface area contributed by atoms with Gasteiger partial charge in [0.15, 0.2) is 0 Å². The fourth-order valence-corrected chi connectivity index (χ4v) is 3.15. The van der Waals surface area contributed by atoms with Crippen LogP contribution >= 0.6 is 0 Å². The van der Waals surface area contributed by atoms with E-state index >= 15 is 0 Å². The van der Waals surface area contributed by atoms with Gasteiger partial charge in [-0.05, 0) is 48.9 Å². The molecule has 0 amide bonds. The molecule has 0 N–H and O–H groups in total. The highest BCUT2D eigenvalue weighted by Crippen LogP contribution is 2.45. The molecule has 4 heteroatoms. The first-order valence-electron chi connectivity index (χ1n) is 7.87. The van der Waals surface area contributed by atoms with Gasteiger partial charge in [0.2, 0.25) is 0 Å².